The molecule has 1 aliphatic heterocycles. The van der Waals surface area contributed by atoms with Crippen molar-refractivity contribution in [2.75, 3.05) is 20.1 Å². The second-order valence-electron chi connectivity index (χ2n) is 6.21. The highest BCUT2D eigenvalue weighted by Gasteiger charge is 2.26. The lowest BCUT2D eigenvalue weighted by Crippen LogP contribution is -2.39. The molecule has 1 unspecified atom stereocenters. The maximum atomic E-state index is 10.9. The first-order valence-electron chi connectivity index (χ1n) is 8.24. The second kappa shape index (κ2) is 7.33. The number of benzene rings is 1. The summed E-state index contributed by atoms with van der Waals surface area (Å²) in [5.41, 5.74) is 2.21. The SMILES string of the molecule is CN=C(NCc1cccc([N+](=O)[O-])c1)N1CCC(c2cnn(C)c2)C1. The summed E-state index contributed by atoms with van der Waals surface area (Å²) >= 11 is 0. The summed E-state index contributed by atoms with van der Waals surface area (Å²) in [6.07, 6.45) is 5.05. The molecule has 1 saturated heterocycles. The van der Waals surface area contributed by atoms with Crippen molar-refractivity contribution < 1.29 is 4.92 Å². The molecule has 8 heteroatoms. The van der Waals surface area contributed by atoms with E-state index in [2.05, 4.69) is 26.5 Å². The Hall–Kier alpha value is -2.90. The highest BCUT2D eigenvalue weighted by atomic mass is 16.6. The molecule has 3 rings (SSSR count). The standard InChI is InChI=1S/C17H22N6O2/c1-18-17(19-9-13-4-3-5-16(8-13)23(24)25)22-7-6-14(12-22)15-10-20-21(2)11-15/h3-5,8,10-11,14H,6-7,9,12H2,1-2H3,(H,18,19). The molecule has 1 N–H and O–H groups in total. The van der Waals surface area contributed by atoms with Crippen LogP contribution in [0.3, 0.4) is 0 Å². The smallest absolute Gasteiger partial charge is 0.269 e. The molecule has 1 atom stereocenters. The van der Waals surface area contributed by atoms with E-state index in [-0.39, 0.29) is 10.6 Å². The molecule has 1 aliphatic rings. The number of nitrogens with zero attached hydrogens (tertiary/aromatic N) is 5. The van der Waals surface area contributed by atoms with E-state index in [1.165, 1.54) is 11.6 Å². The van der Waals surface area contributed by atoms with E-state index < -0.39 is 0 Å². The normalized spacial score (nSPS) is 17.8. The topological polar surface area (TPSA) is 88.6 Å². The van der Waals surface area contributed by atoms with Crippen LogP contribution in [-0.4, -0.2) is 45.7 Å². The van der Waals surface area contributed by atoms with Crippen LogP contribution in [0.2, 0.25) is 0 Å². The fourth-order valence-electron chi connectivity index (χ4n) is 3.17. The third kappa shape index (κ3) is 3.96. The molecule has 0 saturated carbocycles. The summed E-state index contributed by atoms with van der Waals surface area (Å²) in [6.45, 7) is 2.32. The van der Waals surface area contributed by atoms with Crippen LogP contribution in [0.5, 0.6) is 0 Å². The molecule has 1 aromatic heterocycles. The Kier molecular flexibility index (Phi) is 4.97. The van der Waals surface area contributed by atoms with E-state index in [0.717, 1.165) is 31.0 Å². The summed E-state index contributed by atoms with van der Waals surface area (Å²) in [7, 11) is 3.68. The third-order valence-corrected chi connectivity index (χ3v) is 4.47. The summed E-state index contributed by atoms with van der Waals surface area (Å²) in [6, 6.07) is 6.65. The molecule has 132 valence electrons. The van der Waals surface area contributed by atoms with E-state index in [0.29, 0.717) is 12.5 Å². The fourth-order valence-corrected chi connectivity index (χ4v) is 3.17. The first-order valence-corrected chi connectivity index (χ1v) is 8.24. The summed E-state index contributed by atoms with van der Waals surface area (Å²) in [5, 5.41) is 18.4. The van der Waals surface area contributed by atoms with Gasteiger partial charge in [-0.15, -0.1) is 0 Å². The molecule has 0 spiro atoms. The molecular formula is C17H22N6O2. The monoisotopic (exact) mass is 342 g/mol. The minimum absolute atomic E-state index is 0.104. The third-order valence-electron chi connectivity index (χ3n) is 4.47. The largest absolute Gasteiger partial charge is 0.352 e. The van der Waals surface area contributed by atoms with Gasteiger partial charge in [0, 0.05) is 58.0 Å². The van der Waals surface area contributed by atoms with Crippen molar-refractivity contribution in [2.24, 2.45) is 12.0 Å². The number of rotatable bonds is 4. The van der Waals surface area contributed by atoms with E-state index in [1.807, 2.05) is 24.0 Å². The number of nitro benzene ring substituents is 1. The molecular weight excluding hydrogens is 320 g/mol. The van der Waals surface area contributed by atoms with Gasteiger partial charge in [0.05, 0.1) is 11.1 Å². The Morgan fingerprint density at radius 1 is 1.52 bits per heavy atom. The number of aryl methyl sites for hydroxylation is 1. The van der Waals surface area contributed by atoms with Crippen LogP contribution in [0.1, 0.15) is 23.5 Å². The molecule has 8 nitrogen and oxygen atoms in total. The Morgan fingerprint density at radius 3 is 3.04 bits per heavy atom. The lowest BCUT2D eigenvalue weighted by atomic mass is 10.0. The van der Waals surface area contributed by atoms with Crippen molar-refractivity contribution >= 4 is 11.6 Å². The van der Waals surface area contributed by atoms with Gasteiger partial charge in [0.1, 0.15) is 0 Å². The van der Waals surface area contributed by atoms with Gasteiger partial charge in [-0.25, -0.2) is 0 Å². The quantitative estimate of drug-likeness (QED) is 0.397. The zero-order valence-corrected chi connectivity index (χ0v) is 14.4. The summed E-state index contributed by atoms with van der Waals surface area (Å²) in [4.78, 5) is 17.1. The number of guanidine groups is 1. The molecule has 0 radical (unpaired) electrons. The molecule has 25 heavy (non-hydrogen) atoms. The van der Waals surface area contributed by atoms with Crippen molar-refractivity contribution in [1.29, 1.82) is 0 Å². The van der Waals surface area contributed by atoms with Gasteiger partial charge in [-0.2, -0.15) is 5.10 Å². The van der Waals surface area contributed by atoms with E-state index in [9.17, 15) is 10.1 Å². The minimum atomic E-state index is -0.378. The lowest BCUT2D eigenvalue weighted by Gasteiger charge is -2.21. The Labute approximate surface area is 146 Å². The van der Waals surface area contributed by atoms with Gasteiger partial charge in [-0.3, -0.25) is 19.8 Å². The lowest BCUT2D eigenvalue weighted by molar-refractivity contribution is -0.384. The van der Waals surface area contributed by atoms with Crippen molar-refractivity contribution in [3.8, 4) is 0 Å². The summed E-state index contributed by atoms with van der Waals surface area (Å²) in [5.74, 6) is 1.27. The Bertz CT molecular complexity index is 785. The number of hydrogen-bond donors (Lipinski definition) is 1. The zero-order chi connectivity index (χ0) is 17.8. The molecule has 2 aromatic rings. The van der Waals surface area contributed by atoms with Crippen molar-refractivity contribution in [2.45, 2.75) is 18.9 Å². The molecule has 0 aliphatic carbocycles. The van der Waals surface area contributed by atoms with Gasteiger partial charge >= 0.3 is 0 Å². The highest BCUT2D eigenvalue weighted by molar-refractivity contribution is 5.80. The second-order valence-corrected chi connectivity index (χ2v) is 6.21. The van der Waals surface area contributed by atoms with Gasteiger partial charge in [-0.1, -0.05) is 12.1 Å². The highest BCUT2D eigenvalue weighted by Crippen LogP contribution is 2.26. The maximum Gasteiger partial charge on any atom is 0.269 e. The van der Waals surface area contributed by atoms with E-state index in [4.69, 9.17) is 0 Å². The van der Waals surface area contributed by atoms with Crippen LogP contribution in [-0.2, 0) is 13.6 Å². The van der Waals surface area contributed by atoms with Crippen molar-refractivity contribution in [1.82, 2.24) is 20.0 Å². The number of non-ortho nitro benzene ring substituents is 1. The average Bonchev–Trinajstić information content (AvgIpc) is 3.25. The van der Waals surface area contributed by atoms with E-state index in [1.54, 1.807) is 19.2 Å². The average molecular weight is 342 g/mol. The maximum absolute atomic E-state index is 10.9. The molecule has 0 bridgehead atoms. The number of likely N-dealkylation sites (tertiary alicyclic amines) is 1. The van der Waals surface area contributed by atoms with Gasteiger partial charge in [0.15, 0.2) is 5.96 Å². The fraction of sp³-hybridized carbons (Fsp3) is 0.412. The number of nitrogens with one attached hydrogen (secondary N) is 1. The number of hydrogen-bond acceptors (Lipinski definition) is 4. The first kappa shape index (κ1) is 16.9. The van der Waals surface area contributed by atoms with Gasteiger partial charge in [-0.05, 0) is 17.5 Å². The van der Waals surface area contributed by atoms with Crippen molar-refractivity contribution in [3.05, 3.63) is 57.9 Å². The number of aliphatic imine (C=N–C) groups is 1. The van der Waals surface area contributed by atoms with Crippen LogP contribution in [0.25, 0.3) is 0 Å². The van der Waals surface area contributed by atoms with Gasteiger partial charge in [0.2, 0.25) is 0 Å². The predicted octanol–water partition coefficient (Wildman–Crippen LogP) is 1.89. The molecule has 0 amide bonds. The molecule has 2 heterocycles. The van der Waals surface area contributed by atoms with E-state index >= 15 is 0 Å². The minimum Gasteiger partial charge on any atom is -0.352 e. The first-order chi connectivity index (χ1) is 12.1. The van der Waals surface area contributed by atoms with Crippen LogP contribution in [0, 0.1) is 10.1 Å². The van der Waals surface area contributed by atoms with Crippen LogP contribution >= 0.6 is 0 Å². The Morgan fingerprint density at radius 2 is 2.36 bits per heavy atom. The molecule has 1 fully saturated rings. The number of nitro groups is 1. The summed E-state index contributed by atoms with van der Waals surface area (Å²) < 4.78 is 1.83. The van der Waals surface area contributed by atoms with Crippen LogP contribution < -0.4 is 5.32 Å². The number of aromatic nitrogens is 2. The zero-order valence-electron chi connectivity index (χ0n) is 14.4. The van der Waals surface area contributed by atoms with Gasteiger partial charge < -0.3 is 10.2 Å². The van der Waals surface area contributed by atoms with Crippen LogP contribution in [0.4, 0.5) is 5.69 Å². The Balaban J connectivity index is 1.60. The molecule has 1 aromatic carbocycles. The van der Waals surface area contributed by atoms with Gasteiger partial charge in [0.25, 0.3) is 5.69 Å². The van der Waals surface area contributed by atoms with Crippen LogP contribution in [0.15, 0.2) is 41.7 Å². The van der Waals surface area contributed by atoms with Crippen molar-refractivity contribution in [3.63, 3.8) is 0 Å². The predicted molar refractivity (Wildman–Crippen MR) is 95.4 cm³/mol.